The minimum Gasteiger partial charge on any atom is -0.462 e. The summed E-state index contributed by atoms with van der Waals surface area (Å²) in [5.41, 5.74) is 0. The van der Waals surface area contributed by atoms with Crippen LogP contribution in [0.3, 0.4) is 0 Å². The normalized spacial score (nSPS) is 14.6. The summed E-state index contributed by atoms with van der Waals surface area (Å²) in [4.78, 5) is 73.1. The highest BCUT2D eigenvalue weighted by Gasteiger charge is 2.30. The summed E-state index contributed by atoms with van der Waals surface area (Å²) in [6.07, 6.45) is 85.6. The first-order valence-electron chi connectivity index (χ1n) is 40.4. The standard InChI is InChI=1S/C85H144O17P2/c1-5-9-13-17-21-25-29-33-36-39-42-46-49-53-57-61-65-69-82(87)95-75-80(101-84(89)71-67-63-59-55-51-45-32-28-24-20-16-12-8-4)77-99-103(91,92)97-73-79(86)74-98-104(93,94)100-78-81(102-85(90)72-68-64-60-56-52-48-44-41-38-35-31-27-23-19-15-11-7-3)76-96-83(88)70-66-62-58-54-50-47-43-40-37-34-30-26-22-18-14-10-6-2/h9-11,13-15,21-23,25-27,33-38,43-44,47-48,79-81,86H,5-8,12,16-20,24,28-32,39-42,45-46,49-78H2,1-4H3,(H,91,92)(H,93,94)/b13-9-,14-10-,15-11-,25-21-,26-22-,27-23-,36-33-,37-34-,38-35-,47-43-,48-44-. The number of carbonyl (C=O) groups is 4. The van der Waals surface area contributed by atoms with Crippen LogP contribution in [-0.4, -0.2) is 96.7 Å². The molecule has 0 radical (unpaired) electrons. The molecule has 0 saturated carbocycles. The molecule has 0 aromatic heterocycles. The summed E-state index contributed by atoms with van der Waals surface area (Å²) < 4.78 is 68.6. The molecule has 0 amide bonds. The molecule has 0 aliphatic heterocycles. The van der Waals surface area contributed by atoms with Gasteiger partial charge in [0.1, 0.15) is 19.3 Å². The molecule has 104 heavy (non-hydrogen) atoms. The summed E-state index contributed by atoms with van der Waals surface area (Å²) in [5, 5.41) is 10.6. The quantitative estimate of drug-likeness (QED) is 0.0169. The molecule has 0 aromatic carbocycles. The van der Waals surface area contributed by atoms with Gasteiger partial charge in [-0.05, 0) is 135 Å². The van der Waals surface area contributed by atoms with E-state index in [9.17, 15) is 43.2 Å². The number of carbonyl (C=O) groups excluding carboxylic acids is 4. The number of unbranched alkanes of at least 4 members (excludes halogenated alkanes) is 27. The Kier molecular flexibility index (Phi) is 72.9. The zero-order valence-corrected chi connectivity index (χ0v) is 66.9. The average molecular weight is 1500 g/mol. The van der Waals surface area contributed by atoms with Crippen LogP contribution in [0.15, 0.2) is 134 Å². The van der Waals surface area contributed by atoms with Crippen LogP contribution in [-0.2, 0) is 65.4 Å². The number of phosphoric ester groups is 2. The Hall–Kier alpha value is -4.80. The maximum atomic E-state index is 13.1. The largest absolute Gasteiger partial charge is 0.472 e. The van der Waals surface area contributed by atoms with Crippen molar-refractivity contribution in [3.05, 3.63) is 134 Å². The van der Waals surface area contributed by atoms with E-state index in [1.165, 1.54) is 51.4 Å². The van der Waals surface area contributed by atoms with Gasteiger partial charge in [0.2, 0.25) is 0 Å². The third-order valence-electron chi connectivity index (χ3n) is 16.6. The number of hydrogen-bond donors (Lipinski definition) is 3. The van der Waals surface area contributed by atoms with Crippen LogP contribution < -0.4 is 0 Å². The van der Waals surface area contributed by atoms with E-state index >= 15 is 0 Å². The number of aliphatic hydroxyl groups is 1. The van der Waals surface area contributed by atoms with Crippen molar-refractivity contribution in [3.8, 4) is 0 Å². The third-order valence-corrected chi connectivity index (χ3v) is 18.5. The summed E-state index contributed by atoms with van der Waals surface area (Å²) in [6.45, 7) is 4.50. The van der Waals surface area contributed by atoms with Gasteiger partial charge < -0.3 is 33.8 Å². The van der Waals surface area contributed by atoms with E-state index < -0.39 is 97.5 Å². The predicted molar refractivity (Wildman–Crippen MR) is 427 cm³/mol. The van der Waals surface area contributed by atoms with Gasteiger partial charge in [0.25, 0.3) is 0 Å². The molecular weight excluding hydrogens is 1350 g/mol. The van der Waals surface area contributed by atoms with Crippen molar-refractivity contribution in [1.29, 1.82) is 0 Å². The second kappa shape index (κ2) is 76.4. The molecule has 5 unspecified atom stereocenters. The molecule has 0 rings (SSSR count). The van der Waals surface area contributed by atoms with Crippen LogP contribution in [0.1, 0.15) is 323 Å². The highest BCUT2D eigenvalue weighted by molar-refractivity contribution is 7.47. The van der Waals surface area contributed by atoms with Crippen LogP contribution >= 0.6 is 15.6 Å². The average Bonchev–Trinajstić information content (AvgIpc) is 0.910. The molecule has 0 aromatic rings. The molecule has 0 fully saturated rings. The molecule has 0 saturated heterocycles. The first-order chi connectivity index (χ1) is 50.7. The van der Waals surface area contributed by atoms with Crippen molar-refractivity contribution >= 4 is 39.5 Å². The minimum atomic E-state index is -4.99. The zero-order valence-electron chi connectivity index (χ0n) is 65.2. The summed E-state index contributed by atoms with van der Waals surface area (Å²) in [5.74, 6) is -2.23. The topological polar surface area (TPSA) is 237 Å². The lowest BCUT2D eigenvalue weighted by Crippen LogP contribution is -2.30. The highest BCUT2D eigenvalue weighted by Crippen LogP contribution is 2.45. The van der Waals surface area contributed by atoms with E-state index in [2.05, 4.69) is 161 Å². The number of phosphoric acid groups is 2. The van der Waals surface area contributed by atoms with Crippen molar-refractivity contribution < 1.29 is 80.2 Å². The maximum Gasteiger partial charge on any atom is 0.472 e. The first-order valence-corrected chi connectivity index (χ1v) is 43.4. The molecule has 5 atom stereocenters. The Morgan fingerprint density at radius 2 is 0.500 bits per heavy atom. The van der Waals surface area contributed by atoms with Crippen molar-refractivity contribution in [3.63, 3.8) is 0 Å². The number of hydrogen-bond acceptors (Lipinski definition) is 15. The van der Waals surface area contributed by atoms with Gasteiger partial charge in [0.15, 0.2) is 12.2 Å². The fourth-order valence-corrected chi connectivity index (χ4v) is 12.1. The van der Waals surface area contributed by atoms with Crippen LogP contribution in [0.2, 0.25) is 0 Å². The van der Waals surface area contributed by atoms with E-state index in [0.29, 0.717) is 25.7 Å². The molecule has 19 heteroatoms. The second-order valence-electron chi connectivity index (χ2n) is 26.6. The van der Waals surface area contributed by atoms with Crippen molar-refractivity contribution in [2.75, 3.05) is 39.6 Å². The van der Waals surface area contributed by atoms with Gasteiger partial charge in [-0.3, -0.25) is 37.3 Å². The van der Waals surface area contributed by atoms with E-state index in [-0.39, 0.29) is 25.7 Å². The number of esters is 4. The molecule has 17 nitrogen and oxygen atoms in total. The Morgan fingerprint density at radius 1 is 0.279 bits per heavy atom. The summed E-state index contributed by atoms with van der Waals surface area (Å²) >= 11 is 0. The maximum absolute atomic E-state index is 13.1. The SMILES string of the molecule is CC/C=C\C/C=C\C/C=C\C/C=C\CCCCCCC(=O)OCC(COP(=O)(O)OCC(O)COP(=O)(O)OCC(COC(=O)CCCCCCCCC/C=C\C/C=C\C/C=C\CC)OC(=O)CCCCCCCCCCCCCCC)OC(=O)CCCCCC/C=C\C/C=C\C/C=C\C/C=C\CC. The first kappa shape index (κ1) is 99.2. The number of rotatable bonds is 75. The molecule has 0 heterocycles. The van der Waals surface area contributed by atoms with E-state index in [1.54, 1.807) is 0 Å². The molecule has 3 N–H and O–H groups in total. The monoisotopic (exact) mass is 1500 g/mol. The molecular formula is C85H144O17P2. The predicted octanol–water partition coefficient (Wildman–Crippen LogP) is 23.7. The summed E-state index contributed by atoms with van der Waals surface area (Å²) in [7, 11) is -9.98. The third kappa shape index (κ3) is 75.4. The van der Waals surface area contributed by atoms with Crippen LogP contribution in [0.5, 0.6) is 0 Å². The fourth-order valence-electron chi connectivity index (χ4n) is 10.6. The Labute approximate surface area is 631 Å². The molecule has 0 aliphatic carbocycles. The number of ether oxygens (including phenoxy) is 4. The Balaban J connectivity index is 5.40. The van der Waals surface area contributed by atoms with Crippen molar-refractivity contribution in [1.82, 2.24) is 0 Å². The number of aliphatic hydroxyl groups excluding tert-OH is 1. The smallest absolute Gasteiger partial charge is 0.462 e. The van der Waals surface area contributed by atoms with Gasteiger partial charge in [-0.15, -0.1) is 0 Å². The zero-order chi connectivity index (χ0) is 76.0. The van der Waals surface area contributed by atoms with Gasteiger partial charge in [0.05, 0.1) is 26.4 Å². The minimum absolute atomic E-state index is 0.0583. The van der Waals surface area contributed by atoms with Crippen LogP contribution in [0.25, 0.3) is 0 Å². The fraction of sp³-hybridized carbons (Fsp3) is 0.694. The van der Waals surface area contributed by atoms with E-state index in [4.69, 9.17) is 37.0 Å². The van der Waals surface area contributed by atoms with Crippen molar-refractivity contribution in [2.24, 2.45) is 0 Å². The highest BCUT2D eigenvalue weighted by atomic mass is 31.2. The number of allylic oxidation sites excluding steroid dienone is 22. The molecule has 0 bridgehead atoms. The van der Waals surface area contributed by atoms with E-state index in [0.717, 1.165) is 193 Å². The van der Waals surface area contributed by atoms with E-state index in [1.807, 2.05) is 0 Å². The van der Waals surface area contributed by atoms with Gasteiger partial charge in [-0.25, -0.2) is 9.13 Å². The molecule has 596 valence electrons. The van der Waals surface area contributed by atoms with Crippen LogP contribution in [0, 0.1) is 0 Å². The Morgan fingerprint density at radius 3 is 0.769 bits per heavy atom. The van der Waals surface area contributed by atoms with Gasteiger partial charge in [0, 0.05) is 25.7 Å². The lowest BCUT2D eigenvalue weighted by atomic mass is 10.0. The lowest BCUT2D eigenvalue weighted by Gasteiger charge is -2.21. The van der Waals surface area contributed by atoms with Crippen molar-refractivity contribution in [2.45, 2.75) is 341 Å². The molecule has 0 aliphatic rings. The van der Waals surface area contributed by atoms with Gasteiger partial charge >= 0.3 is 39.5 Å². The van der Waals surface area contributed by atoms with Gasteiger partial charge in [-0.2, -0.15) is 0 Å². The Bertz CT molecular complexity index is 2490. The summed E-state index contributed by atoms with van der Waals surface area (Å²) in [6, 6.07) is 0. The lowest BCUT2D eigenvalue weighted by molar-refractivity contribution is -0.161. The van der Waals surface area contributed by atoms with Crippen LogP contribution in [0.4, 0.5) is 0 Å². The molecule has 0 spiro atoms. The second-order valence-corrected chi connectivity index (χ2v) is 29.5. The van der Waals surface area contributed by atoms with Gasteiger partial charge in [-0.1, -0.05) is 296 Å².